The summed E-state index contributed by atoms with van der Waals surface area (Å²) in [5, 5.41) is 17.6. The quantitative estimate of drug-likeness (QED) is 0.251. The van der Waals surface area contributed by atoms with Gasteiger partial charge >= 0.3 is 7.60 Å². The molecule has 0 atom stereocenters. The maximum absolute atomic E-state index is 12.3. The van der Waals surface area contributed by atoms with E-state index < -0.39 is 7.60 Å². The van der Waals surface area contributed by atoms with Gasteiger partial charge < -0.3 is 19.3 Å². The van der Waals surface area contributed by atoms with Gasteiger partial charge in [-0.15, -0.1) is 0 Å². The van der Waals surface area contributed by atoms with Crippen LogP contribution in [0.2, 0.25) is 0 Å². The van der Waals surface area contributed by atoms with Crippen molar-refractivity contribution in [1.29, 1.82) is 0 Å². The predicted octanol–water partition coefficient (Wildman–Crippen LogP) is 4.90. The van der Waals surface area contributed by atoms with E-state index >= 15 is 0 Å². The number of unbranched alkanes of at least 4 members (excludes halogenated alkanes) is 11. The average Bonchev–Trinajstić information content (AvgIpc) is 2.59. The van der Waals surface area contributed by atoms with Crippen LogP contribution in [0.1, 0.15) is 84.0 Å². The first-order valence-corrected chi connectivity index (χ1v) is 11.5. The fraction of sp³-hybridized carbons (Fsp3) is 1.00. The third kappa shape index (κ3) is 15.6. The molecule has 5 nitrogen and oxygen atoms in total. The minimum Gasteiger partial charge on any atom is -0.394 e. The highest BCUT2D eigenvalue weighted by Gasteiger charge is 2.23. The summed E-state index contributed by atoms with van der Waals surface area (Å²) >= 11 is 0. The Kier molecular flexibility index (Phi) is 17.9. The second-order valence-electron chi connectivity index (χ2n) is 6.34. The molecule has 0 heterocycles. The van der Waals surface area contributed by atoms with E-state index in [0.717, 1.165) is 19.3 Å². The molecule has 24 heavy (non-hydrogen) atoms. The molecule has 0 saturated heterocycles. The Morgan fingerprint density at radius 2 is 1.04 bits per heavy atom. The lowest BCUT2D eigenvalue weighted by molar-refractivity contribution is 0.140. The minimum absolute atomic E-state index is 0.0148. The molecule has 0 aromatic carbocycles. The molecular formula is C18H39O5P. The van der Waals surface area contributed by atoms with Crippen molar-refractivity contribution in [1.82, 2.24) is 0 Å². The SMILES string of the molecule is CCCCCCCCCCCCCCP(=O)(OCCO)OCCO. The van der Waals surface area contributed by atoms with Gasteiger partial charge in [-0.1, -0.05) is 77.6 Å². The first kappa shape index (κ1) is 24.1. The summed E-state index contributed by atoms with van der Waals surface area (Å²) in [5.74, 6) is 0. The molecule has 0 amide bonds. The van der Waals surface area contributed by atoms with Crippen LogP contribution in [0.15, 0.2) is 0 Å². The third-order valence-electron chi connectivity index (χ3n) is 4.04. The topological polar surface area (TPSA) is 76.0 Å². The molecule has 0 aromatic rings. The Labute approximate surface area is 148 Å². The van der Waals surface area contributed by atoms with E-state index in [2.05, 4.69) is 6.92 Å². The van der Waals surface area contributed by atoms with Gasteiger partial charge in [0.2, 0.25) is 0 Å². The Balaban J connectivity index is 3.52. The Hall–Kier alpha value is 0.0700. The van der Waals surface area contributed by atoms with E-state index in [9.17, 15) is 4.57 Å². The predicted molar refractivity (Wildman–Crippen MR) is 99.6 cm³/mol. The molecular weight excluding hydrogens is 327 g/mol. The smallest absolute Gasteiger partial charge is 0.330 e. The first-order valence-electron chi connectivity index (χ1n) is 9.78. The van der Waals surface area contributed by atoms with Crippen LogP contribution in [0.5, 0.6) is 0 Å². The summed E-state index contributed by atoms with van der Waals surface area (Å²) in [7, 11) is -3.15. The second kappa shape index (κ2) is 17.9. The summed E-state index contributed by atoms with van der Waals surface area (Å²) < 4.78 is 22.7. The van der Waals surface area contributed by atoms with E-state index in [1.54, 1.807) is 0 Å². The number of hydrogen-bond acceptors (Lipinski definition) is 5. The standard InChI is InChI=1S/C18H39O5P/c1-2-3-4-5-6-7-8-9-10-11-12-13-18-24(21,22-16-14-19)23-17-15-20/h19-20H,2-18H2,1H3. The van der Waals surface area contributed by atoms with Gasteiger partial charge in [0.15, 0.2) is 0 Å². The van der Waals surface area contributed by atoms with Crippen molar-refractivity contribution >= 4 is 7.60 Å². The van der Waals surface area contributed by atoms with Crippen LogP contribution in [0.4, 0.5) is 0 Å². The van der Waals surface area contributed by atoms with Gasteiger partial charge in [0.05, 0.1) is 32.6 Å². The molecule has 0 unspecified atom stereocenters. The molecule has 0 radical (unpaired) electrons. The van der Waals surface area contributed by atoms with Gasteiger partial charge in [0.1, 0.15) is 0 Å². The Bertz CT molecular complexity index is 287. The molecule has 0 spiro atoms. The molecule has 0 aliphatic carbocycles. The van der Waals surface area contributed by atoms with Crippen LogP contribution >= 0.6 is 7.60 Å². The van der Waals surface area contributed by atoms with Gasteiger partial charge in [-0.25, -0.2) is 0 Å². The average molecular weight is 366 g/mol. The van der Waals surface area contributed by atoms with Crippen molar-refractivity contribution in [2.75, 3.05) is 32.6 Å². The van der Waals surface area contributed by atoms with Crippen LogP contribution in [-0.2, 0) is 13.6 Å². The number of rotatable bonds is 19. The number of hydrogen-bond donors (Lipinski definition) is 2. The lowest BCUT2D eigenvalue weighted by Gasteiger charge is -2.17. The Morgan fingerprint density at radius 3 is 1.42 bits per heavy atom. The maximum Gasteiger partial charge on any atom is 0.330 e. The van der Waals surface area contributed by atoms with Gasteiger partial charge in [-0.05, 0) is 6.42 Å². The molecule has 0 fully saturated rings. The van der Waals surface area contributed by atoms with Crippen LogP contribution in [0.3, 0.4) is 0 Å². The monoisotopic (exact) mass is 366 g/mol. The fourth-order valence-electron chi connectivity index (χ4n) is 2.67. The van der Waals surface area contributed by atoms with Gasteiger partial charge in [-0.3, -0.25) is 4.57 Å². The molecule has 0 saturated carbocycles. The van der Waals surface area contributed by atoms with Crippen molar-refractivity contribution in [2.45, 2.75) is 84.0 Å². The van der Waals surface area contributed by atoms with Crippen LogP contribution < -0.4 is 0 Å². The van der Waals surface area contributed by atoms with E-state index in [0.29, 0.717) is 6.16 Å². The van der Waals surface area contributed by atoms with E-state index in [4.69, 9.17) is 19.3 Å². The zero-order valence-corrected chi connectivity index (χ0v) is 16.5. The first-order chi connectivity index (χ1) is 11.7. The Morgan fingerprint density at radius 1 is 0.667 bits per heavy atom. The zero-order chi connectivity index (χ0) is 17.9. The largest absolute Gasteiger partial charge is 0.394 e. The molecule has 0 aliphatic heterocycles. The summed E-state index contributed by atoms with van der Waals surface area (Å²) in [5.41, 5.74) is 0. The van der Waals surface area contributed by atoms with Crippen LogP contribution in [0.25, 0.3) is 0 Å². The van der Waals surface area contributed by atoms with Gasteiger partial charge in [0, 0.05) is 0 Å². The molecule has 0 aromatic heterocycles. The highest BCUT2D eigenvalue weighted by molar-refractivity contribution is 7.53. The third-order valence-corrected chi connectivity index (χ3v) is 6.06. The normalized spacial score (nSPS) is 12.0. The summed E-state index contributed by atoms with van der Waals surface area (Å²) in [4.78, 5) is 0. The van der Waals surface area contributed by atoms with Crippen molar-refractivity contribution in [3.8, 4) is 0 Å². The molecule has 0 bridgehead atoms. The van der Waals surface area contributed by atoms with E-state index in [1.165, 1.54) is 57.8 Å². The fourth-order valence-corrected chi connectivity index (χ4v) is 4.34. The van der Waals surface area contributed by atoms with Gasteiger partial charge in [-0.2, -0.15) is 0 Å². The summed E-state index contributed by atoms with van der Waals surface area (Å²) in [6.07, 6.45) is 15.3. The van der Waals surface area contributed by atoms with Crippen molar-refractivity contribution in [3.63, 3.8) is 0 Å². The van der Waals surface area contributed by atoms with Crippen molar-refractivity contribution in [2.24, 2.45) is 0 Å². The van der Waals surface area contributed by atoms with E-state index in [-0.39, 0.29) is 26.4 Å². The molecule has 146 valence electrons. The number of aliphatic hydroxyl groups is 2. The van der Waals surface area contributed by atoms with Gasteiger partial charge in [0.25, 0.3) is 0 Å². The lowest BCUT2D eigenvalue weighted by atomic mass is 10.1. The molecule has 0 rings (SSSR count). The number of aliphatic hydroxyl groups excluding tert-OH is 2. The van der Waals surface area contributed by atoms with E-state index in [1.807, 2.05) is 0 Å². The maximum atomic E-state index is 12.3. The zero-order valence-electron chi connectivity index (χ0n) is 15.6. The highest BCUT2D eigenvalue weighted by Crippen LogP contribution is 2.48. The van der Waals surface area contributed by atoms with Crippen molar-refractivity contribution in [3.05, 3.63) is 0 Å². The summed E-state index contributed by atoms with van der Waals surface area (Å²) in [6, 6.07) is 0. The molecule has 2 N–H and O–H groups in total. The molecule has 6 heteroatoms. The second-order valence-corrected chi connectivity index (χ2v) is 8.52. The molecule has 0 aliphatic rings. The highest BCUT2D eigenvalue weighted by atomic mass is 31.2. The van der Waals surface area contributed by atoms with Crippen LogP contribution in [0, 0.1) is 0 Å². The minimum atomic E-state index is -3.15. The lowest BCUT2D eigenvalue weighted by Crippen LogP contribution is -2.06. The van der Waals surface area contributed by atoms with Crippen molar-refractivity contribution < 1.29 is 23.8 Å². The van der Waals surface area contributed by atoms with Crippen LogP contribution in [-0.4, -0.2) is 42.8 Å². The summed E-state index contributed by atoms with van der Waals surface area (Å²) in [6.45, 7) is 1.92.